The Morgan fingerprint density at radius 3 is 2.59 bits per heavy atom. The van der Waals surface area contributed by atoms with Crippen LogP contribution >= 0.6 is 11.6 Å². The molecule has 176 valence electrons. The molecule has 11 heteroatoms. The second-order valence-corrected chi connectivity index (χ2v) is 8.77. The quantitative estimate of drug-likeness (QED) is 0.410. The van der Waals surface area contributed by atoms with Crippen molar-refractivity contribution < 1.29 is 13.2 Å². The molecule has 0 atom stereocenters. The first-order chi connectivity index (χ1) is 16.3. The number of rotatable bonds is 4. The molecule has 0 spiro atoms. The minimum absolute atomic E-state index is 0.171. The van der Waals surface area contributed by atoms with Crippen LogP contribution in [0.3, 0.4) is 0 Å². The molecule has 0 bridgehead atoms. The molecule has 0 aromatic carbocycles. The normalized spacial score (nSPS) is 18.9. The molecule has 1 aliphatic carbocycles. The average molecular weight is 488 g/mol. The number of hydrogen-bond acceptors (Lipinski definition) is 6. The number of nitrogens with zero attached hydrogens (tertiary/aromatic N) is 5. The first-order valence-corrected chi connectivity index (χ1v) is 11.2. The van der Waals surface area contributed by atoms with Gasteiger partial charge in [0.2, 0.25) is 5.95 Å². The number of nitrogens with two attached hydrogens (primary N) is 1. The van der Waals surface area contributed by atoms with E-state index in [0.29, 0.717) is 28.4 Å². The summed E-state index contributed by atoms with van der Waals surface area (Å²) in [4.78, 5) is 17.2. The van der Waals surface area contributed by atoms with Crippen LogP contribution in [0.5, 0.6) is 0 Å². The summed E-state index contributed by atoms with van der Waals surface area (Å²) >= 11 is 6.39. The molecular weight excluding hydrogens is 467 g/mol. The molecule has 7 nitrogen and oxygen atoms in total. The van der Waals surface area contributed by atoms with E-state index >= 15 is 0 Å². The van der Waals surface area contributed by atoms with Crippen molar-refractivity contribution >= 4 is 23.2 Å². The van der Waals surface area contributed by atoms with Gasteiger partial charge in [0.25, 0.3) is 0 Å². The molecule has 0 radical (unpaired) electrons. The first kappa shape index (κ1) is 22.5. The number of pyridine rings is 2. The molecule has 34 heavy (non-hydrogen) atoms. The van der Waals surface area contributed by atoms with E-state index in [1.807, 2.05) is 0 Å². The Bertz CT molecular complexity index is 1320. The number of halogens is 4. The van der Waals surface area contributed by atoms with Gasteiger partial charge in [0.15, 0.2) is 0 Å². The van der Waals surface area contributed by atoms with Gasteiger partial charge in [-0.15, -0.1) is 0 Å². The van der Waals surface area contributed by atoms with E-state index in [1.54, 1.807) is 18.3 Å². The number of alkyl halides is 3. The van der Waals surface area contributed by atoms with Gasteiger partial charge in [0, 0.05) is 41.8 Å². The third-order valence-corrected chi connectivity index (χ3v) is 6.27. The van der Waals surface area contributed by atoms with Crippen LogP contribution < -0.4 is 11.1 Å². The second kappa shape index (κ2) is 8.84. The molecule has 4 aromatic rings. The lowest BCUT2D eigenvalue weighted by Gasteiger charge is -2.26. The fourth-order valence-electron chi connectivity index (χ4n) is 4.21. The maximum atomic E-state index is 13.8. The van der Waals surface area contributed by atoms with Crippen LogP contribution in [0.15, 0.2) is 49.2 Å². The third-order valence-electron chi connectivity index (χ3n) is 6.00. The van der Waals surface area contributed by atoms with Crippen molar-refractivity contribution in [3.8, 4) is 22.5 Å². The maximum Gasteiger partial charge on any atom is 0.417 e. The second-order valence-electron chi connectivity index (χ2n) is 8.37. The van der Waals surface area contributed by atoms with Crippen molar-refractivity contribution in [2.75, 3.05) is 5.32 Å². The molecule has 3 N–H and O–H groups in total. The molecule has 4 aromatic heterocycles. The van der Waals surface area contributed by atoms with Gasteiger partial charge < -0.3 is 11.1 Å². The third kappa shape index (κ3) is 4.43. The van der Waals surface area contributed by atoms with Crippen molar-refractivity contribution in [3.63, 3.8) is 0 Å². The van der Waals surface area contributed by atoms with Gasteiger partial charge in [0.1, 0.15) is 11.3 Å². The lowest BCUT2D eigenvalue weighted by molar-refractivity contribution is -0.137. The zero-order valence-electron chi connectivity index (χ0n) is 17.9. The fraction of sp³-hybridized carbons (Fsp3) is 0.304. The molecular formula is C23H21ClF3N7. The molecule has 0 unspecified atom stereocenters. The van der Waals surface area contributed by atoms with Crippen LogP contribution in [0.25, 0.3) is 28.2 Å². The Morgan fingerprint density at radius 1 is 1.09 bits per heavy atom. The monoisotopic (exact) mass is 487 g/mol. The summed E-state index contributed by atoms with van der Waals surface area (Å²) in [7, 11) is 0. The Morgan fingerprint density at radius 2 is 1.88 bits per heavy atom. The molecule has 1 saturated carbocycles. The fourth-order valence-corrected chi connectivity index (χ4v) is 4.40. The highest BCUT2D eigenvalue weighted by molar-refractivity contribution is 6.32. The van der Waals surface area contributed by atoms with E-state index in [4.69, 9.17) is 17.3 Å². The number of imidazole rings is 1. The first-order valence-electron chi connectivity index (χ1n) is 10.8. The van der Waals surface area contributed by atoms with Crippen molar-refractivity contribution in [1.82, 2.24) is 24.3 Å². The zero-order chi connectivity index (χ0) is 23.9. The van der Waals surface area contributed by atoms with Gasteiger partial charge in [-0.3, -0.25) is 9.38 Å². The van der Waals surface area contributed by atoms with Crippen LogP contribution in [0, 0.1) is 0 Å². The van der Waals surface area contributed by atoms with Crippen molar-refractivity contribution in [1.29, 1.82) is 0 Å². The molecule has 0 saturated heterocycles. The lowest BCUT2D eigenvalue weighted by Crippen LogP contribution is -2.33. The van der Waals surface area contributed by atoms with E-state index in [9.17, 15) is 13.2 Å². The predicted molar refractivity (Wildman–Crippen MR) is 123 cm³/mol. The Balaban J connectivity index is 1.60. The highest BCUT2D eigenvalue weighted by Gasteiger charge is 2.33. The van der Waals surface area contributed by atoms with Crippen molar-refractivity contribution in [2.24, 2.45) is 5.73 Å². The SMILES string of the molecule is NC1CCC(Nc2ncc(Cl)c(-c3cnc4c(-c5cccnc5)cc(C(F)(F)F)cn34)n2)CC1. The highest BCUT2D eigenvalue weighted by Crippen LogP contribution is 2.36. The van der Waals surface area contributed by atoms with Gasteiger partial charge >= 0.3 is 6.18 Å². The van der Waals surface area contributed by atoms with Crippen LogP contribution in [0.4, 0.5) is 19.1 Å². The summed E-state index contributed by atoms with van der Waals surface area (Å²) in [6.45, 7) is 0. The largest absolute Gasteiger partial charge is 0.417 e. The molecule has 1 aliphatic rings. The summed E-state index contributed by atoms with van der Waals surface area (Å²) in [6, 6.07) is 4.80. The van der Waals surface area contributed by atoms with Gasteiger partial charge in [-0.25, -0.2) is 15.0 Å². The number of nitrogens with one attached hydrogen (secondary N) is 1. The Labute approximate surface area is 198 Å². The summed E-state index contributed by atoms with van der Waals surface area (Å²) in [5.41, 5.74) is 6.93. The van der Waals surface area contributed by atoms with Crippen LogP contribution in [0.2, 0.25) is 5.02 Å². The molecule has 0 amide bonds. The van der Waals surface area contributed by atoms with E-state index in [2.05, 4.69) is 25.3 Å². The summed E-state index contributed by atoms with van der Waals surface area (Å²) in [6.07, 6.45) is 6.00. The van der Waals surface area contributed by atoms with E-state index in [0.717, 1.165) is 37.9 Å². The number of anilines is 1. The number of fused-ring (bicyclic) bond motifs is 1. The zero-order valence-corrected chi connectivity index (χ0v) is 18.7. The molecule has 0 aliphatic heterocycles. The summed E-state index contributed by atoms with van der Waals surface area (Å²) < 4.78 is 42.7. The molecule has 4 heterocycles. The smallest absolute Gasteiger partial charge is 0.351 e. The standard InChI is InChI=1S/C23H21ClF3N7/c24-18-10-31-22(32-16-5-3-15(28)4-6-16)33-20(18)19-11-30-21-17(13-2-1-7-29-9-13)8-14(12-34(19)21)23(25,26)27/h1-2,7-12,15-16H,3-6,28H2,(H,31,32,33). The predicted octanol–water partition coefficient (Wildman–Crippen LogP) is 5.21. The molecule has 5 rings (SSSR count). The topological polar surface area (TPSA) is 94.0 Å². The maximum absolute atomic E-state index is 13.8. The van der Waals surface area contributed by atoms with Crippen LogP contribution in [-0.4, -0.2) is 36.4 Å². The van der Waals surface area contributed by atoms with Crippen molar-refractivity contribution in [3.05, 3.63) is 59.8 Å². The van der Waals surface area contributed by atoms with E-state index in [1.165, 1.54) is 23.0 Å². The van der Waals surface area contributed by atoms with Gasteiger partial charge in [-0.2, -0.15) is 13.2 Å². The van der Waals surface area contributed by atoms with Gasteiger partial charge in [-0.1, -0.05) is 17.7 Å². The average Bonchev–Trinajstić information content (AvgIpc) is 3.25. The number of hydrogen-bond donors (Lipinski definition) is 2. The Kier molecular flexibility index (Phi) is 5.86. The van der Waals surface area contributed by atoms with E-state index in [-0.39, 0.29) is 22.8 Å². The number of aromatic nitrogens is 5. The van der Waals surface area contributed by atoms with Crippen LogP contribution in [-0.2, 0) is 6.18 Å². The summed E-state index contributed by atoms with van der Waals surface area (Å²) in [5.74, 6) is 0.356. The minimum Gasteiger partial charge on any atom is -0.351 e. The van der Waals surface area contributed by atoms with E-state index < -0.39 is 11.7 Å². The summed E-state index contributed by atoms with van der Waals surface area (Å²) in [5, 5.41) is 3.50. The molecule has 1 fully saturated rings. The Hall–Kier alpha value is -3.24. The lowest BCUT2D eigenvalue weighted by atomic mass is 9.92. The minimum atomic E-state index is -4.56. The van der Waals surface area contributed by atoms with Crippen LogP contribution in [0.1, 0.15) is 31.2 Å². The van der Waals surface area contributed by atoms with Gasteiger partial charge in [-0.05, 0) is 37.8 Å². The van der Waals surface area contributed by atoms with Gasteiger partial charge in [0.05, 0.1) is 28.7 Å². The van der Waals surface area contributed by atoms with Crippen molar-refractivity contribution in [2.45, 2.75) is 43.9 Å². The highest BCUT2D eigenvalue weighted by atomic mass is 35.5.